The summed E-state index contributed by atoms with van der Waals surface area (Å²) < 4.78 is 5.35. The van der Waals surface area contributed by atoms with Crippen LogP contribution in [0.4, 0.5) is 5.82 Å². The molecule has 2 heterocycles. The van der Waals surface area contributed by atoms with Crippen LogP contribution in [0.3, 0.4) is 0 Å². The maximum absolute atomic E-state index is 5.59. The molecule has 4 nitrogen and oxygen atoms in total. The summed E-state index contributed by atoms with van der Waals surface area (Å²) in [5.74, 6) is 0.560. The van der Waals surface area contributed by atoms with Crippen molar-refractivity contribution in [2.75, 3.05) is 25.5 Å². The quantitative estimate of drug-likeness (QED) is 0.652. The molecule has 70 valence electrons. The fourth-order valence-corrected chi connectivity index (χ4v) is 1.46. The fourth-order valence-electron chi connectivity index (χ4n) is 1.46. The highest BCUT2D eigenvalue weighted by Gasteiger charge is 2.14. The first kappa shape index (κ1) is 8.47. The van der Waals surface area contributed by atoms with Crippen molar-refractivity contribution in [2.24, 2.45) is 0 Å². The average Bonchev–Trinajstić information content (AvgIpc) is 2.19. The number of anilines is 1. The molecule has 0 aromatic carbocycles. The first-order valence-electron chi connectivity index (χ1n) is 4.39. The van der Waals surface area contributed by atoms with Crippen LogP contribution in [0.2, 0.25) is 0 Å². The van der Waals surface area contributed by atoms with Crippen LogP contribution < -0.4 is 11.1 Å². The van der Waals surface area contributed by atoms with E-state index in [1.54, 1.807) is 6.20 Å². The largest absolute Gasteiger partial charge is 0.384 e. The zero-order valence-electron chi connectivity index (χ0n) is 7.36. The van der Waals surface area contributed by atoms with Crippen molar-refractivity contribution in [3.05, 3.63) is 23.9 Å². The molecule has 4 heteroatoms. The minimum absolute atomic E-state index is 0.263. The fraction of sp³-hybridized carbons (Fsp3) is 0.444. The lowest BCUT2D eigenvalue weighted by atomic mass is 10.1. The van der Waals surface area contributed by atoms with Gasteiger partial charge in [-0.3, -0.25) is 0 Å². The zero-order valence-corrected chi connectivity index (χ0v) is 7.36. The molecule has 0 aliphatic carbocycles. The number of ether oxygens (including phenoxy) is 1. The molecule has 0 amide bonds. The third kappa shape index (κ3) is 1.96. The summed E-state index contributed by atoms with van der Waals surface area (Å²) in [6, 6.07) is 4.11. The summed E-state index contributed by atoms with van der Waals surface area (Å²) in [5.41, 5.74) is 6.73. The Bertz CT molecular complexity index is 284. The molecule has 1 fully saturated rings. The van der Waals surface area contributed by atoms with E-state index in [1.807, 2.05) is 12.1 Å². The van der Waals surface area contributed by atoms with Gasteiger partial charge in [-0.15, -0.1) is 0 Å². The Morgan fingerprint density at radius 3 is 3.23 bits per heavy atom. The molecule has 1 aliphatic heterocycles. The lowest BCUT2D eigenvalue weighted by molar-refractivity contribution is 0.0769. The number of hydrogen-bond acceptors (Lipinski definition) is 4. The van der Waals surface area contributed by atoms with E-state index in [0.29, 0.717) is 12.4 Å². The molecule has 1 aliphatic rings. The van der Waals surface area contributed by atoms with Crippen LogP contribution in [0.1, 0.15) is 11.6 Å². The minimum Gasteiger partial charge on any atom is -0.384 e. The maximum Gasteiger partial charge on any atom is 0.123 e. The smallest absolute Gasteiger partial charge is 0.123 e. The van der Waals surface area contributed by atoms with Crippen LogP contribution >= 0.6 is 0 Å². The number of nitrogens with one attached hydrogen (secondary N) is 1. The van der Waals surface area contributed by atoms with Crippen molar-refractivity contribution in [3.8, 4) is 0 Å². The summed E-state index contributed by atoms with van der Waals surface area (Å²) in [5, 5.41) is 3.35. The second kappa shape index (κ2) is 3.72. The van der Waals surface area contributed by atoms with Crippen molar-refractivity contribution < 1.29 is 4.74 Å². The number of aromatic nitrogens is 1. The molecule has 1 aromatic rings. The summed E-state index contributed by atoms with van der Waals surface area (Å²) in [6.07, 6.45) is 1.72. The summed E-state index contributed by atoms with van der Waals surface area (Å²) >= 11 is 0. The van der Waals surface area contributed by atoms with E-state index in [4.69, 9.17) is 10.5 Å². The monoisotopic (exact) mass is 179 g/mol. The number of nitrogen functional groups attached to an aromatic ring is 1. The van der Waals surface area contributed by atoms with E-state index in [1.165, 1.54) is 0 Å². The van der Waals surface area contributed by atoms with Crippen LogP contribution in [-0.2, 0) is 4.74 Å². The molecule has 0 spiro atoms. The molecule has 1 aromatic heterocycles. The predicted molar refractivity (Wildman–Crippen MR) is 50.2 cm³/mol. The highest BCUT2D eigenvalue weighted by atomic mass is 16.5. The first-order chi connectivity index (χ1) is 6.36. The van der Waals surface area contributed by atoms with Gasteiger partial charge >= 0.3 is 0 Å². The Hall–Kier alpha value is -1.13. The highest BCUT2D eigenvalue weighted by molar-refractivity contribution is 5.33. The molecule has 1 atom stereocenters. The zero-order chi connectivity index (χ0) is 9.10. The second-order valence-corrected chi connectivity index (χ2v) is 3.10. The topological polar surface area (TPSA) is 60.2 Å². The SMILES string of the molecule is Nc1cc([C@@H]2COCCN2)ccn1. The van der Waals surface area contributed by atoms with Gasteiger partial charge in [0, 0.05) is 12.7 Å². The third-order valence-corrected chi connectivity index (χ3v) is 2.13. The van der Waals surface area contributed by atoms with Gasteiger partial charge in [-0.2, -0.15) is 0 Å². The van der Waals surface area contributed by atoms with Gasteiger partial charge in [0.1, 0.15) is 5.82 Å². The molecule has 0 unspecified atom stereocenters. The van der Waals surface area contributed by atoms with E-state index in [0.717, 1.165) is 18.7 Å². The van der Waals surface area contributed by atoms with Crippen molar-refractivity contribution in [3.63, 3.8) is 0 Å². The number of nitrogens with zero attached hydrogens (tertiary/aromatic N) is 1. The number of rotatable bonds is 1. The number of pyridine rings is 1. The van der Waals surface area contributed by atoms with E-state index in [2.05, 4.69) is 10.3 Å². The van der Waals surface area contributed by atoms with E-state index in [-0.39, 0.29) is 6.04 Å². The third-order valence-electron chi connectivity index (χ3n) is 2.13. The molecule has 0 radical (unpaired) electrons. The molecular formula is C9H13N3O. The van der Waals surface area contributed by atoms with Gasteiger partial charge in [-0.1, -0.05) is 0 Å². The maximum atomic E-state index is 5.59. The summed E-state index contributed by atoms with van der Waals surface area (Å²) in [4.78, 5) is 3.94. The van der Waals surface area contributed by atoms with Gasteiger partial charge in [-0.25, -0.2) is 4.98 Å². The van der Waals surface area contributed by atoms with Gasteiger partial charge in [0.15, 0.2) is 0 Å². The van der Waals surface area contributed by atoms with Crippen LogP contribution in [0.15, 0.2) is 18.3 Å². The van der Waals surface area contributed by atoms with Crippen LogP contribution in [0.5, 0.6) is 0 Å². The van der Waals surface area contributed by atoms with Crippen molar-refractivity contribution in [1.29, 1.82) is 0 Å². The Balaban J connectivity index is 2.14. The van der Waals surface area contributed by atoms with Gasteiger partial charge in [0.25, 0.3) is 0 Å². The molecule has 3 N–H and O–H groups in total. The normalized spacial score (nSPS) is 22.9. The van der Waals surface area contributed by atoms with E-state index in [9.17, 15) is 0 Å². The number of nitrogens with two attached hydrogens (primary N) is 1. The van der Waals surface area contributed by atoms with Crippen LogP contribution in [0, 0.1) is 0 Å². The predicted octanol–water partition coefficient (Wildman–Crippen LogP) is 0.325. The van der Waals surface area contributed by atoms with Gasteiger partial charge in [0.05, 0.1) is 19.3 Å². The van der Waals surface area contributed by atoms with Crippen molar-refractivity contribution in [1.82, 2.24) is 10.3 Å². The second-order valence-electron chi connectivity index (χ2n) is 3.10. The van der Waals surface area contributed by atoms with E-state index >= 15 is 0 Å². The lowest BCUT2D eigenvalue weighted by Gasteiger charge is -2.24. The molecule has 0 saturated carbocycles. The van der Waals surface area contributed by atoms with E-state index < -0.39 is 0 Å². The Morgan fingerprint density at radius 1 is 1.62 bits per heavy atom. The highest BCUT2D eigenvalue weighted by Crippen LogP contribution is 2.16. The Kier molecular flexibility index (Phi) is 2.42. The lowest BCUT2D eigenvalue weighted by Crippen LogP contribution is -2.34. The summed E-state index contributed by atoms with van der Waals surface area (Å²) in [7, 11) is 0. The number of hydrogen-bond donors (Lipinski definition) is 2. The molecule has 13 heavy (non-hydrogen) atoms. The minimum atomic E-state index is 0.263. The van der Waals surface area contributed by atoms with Gasteiger partial charge in [-0.05, 0) is 17.7 Å². The Labute approximate surface area is 77.1 Å². The first-order valence-corrected chi connectivity index (χ1v) is 4.39. The van der Waals surface area contributed by atoms with Crippen molar-refractivity contribution >= 4 is 5.82 Å². The van der Waals surface area contributed by atoms with Crippen LogP contribution in [-0.4, -0.2) is 24.7 Å². The molecule has 1 saturated heterocycles. The summed E-state index contributed by atoms with van der Waals surface area (Å²) in [6.45, 7) is 2.40. The molecule has 0 bridgehead atoms. The molecular weight excluding hydrogens is 166 g/mol. The standard InChI is InChI=1S/C9H13N3O/c10-9-5-7(1-2-12-9)8-6-13-4-3-11-8/h1-2,5,8,11H,3-4,6H2,(H2,10,12)/t8-/m0/s1. The number of morpholine rings is 1. The average molecular weight is 179 g/mol. The van der Waals surface area contributed by atoms with Crippen LogP contribution in [0.25, 0.3) is 0 Å². The molecule has 2 rings (SSSR count). The van der Waals surface area contributed by atoms with Crippen molar-refractivity contribution in [2.45, 2.75) is 6.04 Å². The van der Waals surface area contributed by atoms with Gasteiger partial charge < -0.3 is 15.8 Å². The Morgan fingerprint density at radius 2 is 2.54 bits per heavy atom. The van der Waals surface area contributed by atoms with Gasteiger partial charge in [0.2, 0.25) is 0 Å².